The summed E-state index contributed by atoms with van der Waals surface area (Å²) in [7, 11) is 0. The van der Waals surface area contributed by atoms with Crippen LogP contribution in [0.4, 0.5) is 11.4 Å². The van der Waals surface area contributed by atoms with Crippen LogP contribution in [0.1, 0.15) is 58.3 Å². The van der Waals surface area contributed by atoms with Crippen LogP contribution < -0.4 is 10.2 Å². The first-order valence-electron chi connectivity index (χ1n) is 13.0. The lowest BCUT2D eigenvalue weighted by Gasteiger charge is -2.56. The Morgan fingerprint density at radius 3 is 2.40 bits per heavy atom. The number of nitrogens with one attached hydrogen (secondary N) is 1. The van der Waals surface area contributed by atoms with E-state index in [9.17, 15) is 19.2 Å². The van der Waals surface area contributed by atoms with Crippen LogP contribution >= 0.6 is 0 Å². The Labute approximate surface area is 205 Å². The van der Waals surface area contributed by atoms with E-state index in [1.165, 1.54) is 31.1 Å². The quantitative estimate of drug-likeness (QED) is 0.670. The number of benzene rings is 1. The van der Waals surface area contributed by atoms with Crippen LogP contribution in [-0.4, -0.2) is 53.8 Å². The van der Waals surface area contributed by atoms with E-state index < -0.39 is 24.0 Å². The first-order chi connectivity index (χ1) is 16.8. The normalized spacial score (nSPS) is 33.8. The Balaban J connectivity index is 1.15. The van der Waals surface area contributed by atoms with Crippen LogP contribution in [0.2, 0.25) is 0 Å². The summed E-state index contributed by atoms with van der Waals surface area (Å²) < 4.78 is 5.64. The molecule has 8 nitrogen and oxygen atoms in total. The molecule has 1 N–H and O–H groups in total. The molecule has 7 rings (SSSR count). The molecule has 0 aromatic heterocycles. The number of carbonyl (C=O) groups excluding carboxylic acids is 4. The fourth-order valence-corrected chi connectivity index (χ4v) is 7.88. The lowest BCUT2D eigenvalue weighted by Crippen LogP contribution is -2.56. The Bertz CT molecular complexity index is 1050. The van der Waals surface area contributed by atoms with Gasteiger partial charge in [0.1, 0.15) is 12.6 Å². The van der Waals surface area contributed by atoms with Crippen molar-refractivity contribution in [3.8, 4) is 0 Å². The molecule has 8 heteroatoms. The smallest absolute Gasteiger partial charge is 0.329 e. The minimum atomic E-state index is -1.06. The first kappa shape index (κ1) is 22.6. The van der Waals surface area contributed by atoms with Crippen molar-refractivity contribution in [1.82, 2.24) is 4.90 Å². The van der Waals surface area contributed by atoms with Gasteiger partial charge in [-0.15, -0.1) is 0 Å². The molecule has 0 spiro atoms. The molecule has 35 heavy (non-hydrogen) atoms. The van der Waals surface area contributed by atoms with Crippen LogP contribution in [0.15, 0.2) is 24.3 Å². The lowest BCUT2D eigenvalue weighted by atomic mass is 9.49. The summed E-state index contributed by atoms with van der Waals surface area (Å²) >= 11 is 0. The van der Waals surface area contributed by atoms with Gasteiger partial charge in [-0.25, -0.2) is 4.79 Å². The van der Waals surface area contributed by atoms with E-state index in [1.54, 1.807) is 29.2 Å². The molecule has 4 aliphatic carbocycles. The van der Waals surface area contributed by atoms with Crippen LogP contribution in [0.3, 0.4) is 0 Å². The molecule has 2 heterocycles. The van der Waals surface area contributed by atoms with Gasteiger partial charge in [0.05, 0.1) is 16.8 Å². The third-order valence-electron chi connectivity index (χ3n) is 8.96. The predicted octanol–water partition coefficient (Wildman–Crippen LogP) is 3.11. The van der Waals surface area contributed by atoms with Gasteiger partial charge in [0.15, 0.2) is 6.10 Å². The number of hydrogen-bond acceptors (Lipinski definition) is 5. The van der Waals surface area contributed by atoms with Crippen LogP contribution in [0.25, 0.3) is 0 Å². The van der Waals surface area contributed by atoms with Gasteiger partial charge in [-0.05, 0) is 88.2 Å². The summed E-state index contributed by atoms with van der Waals surface area (Å²) in [5.74, 6) is 0.838. The molecular formula is C27H33N3O5. The maximum Gasteiger partial charge on any atom is 0.329 e. The molecule has 5 fully saturated rings. The molecule has 1 aromatic carbocycles. The first-order valence-corrected chi connectivity index (χ1v) is 13.0. The molecule has 2 aliphatic heterocycles. The number of para-hydroxylation sites is 2. The van der Waals surface area contributed by atoms with E-state index in [1.807, 2.05) is 0 Å². The topological polar surface area (TPSA) is 96.0 Å². The van der Waals surface area contributed by atoms with Crippen molar-refractivity contribution < 1.29 is 23.9 Å². The third-order valence-corrected chi connectivity index (χ3v) is 8.96. The van der Waals surface area contributed by atoms with Crippen LogP contribution in [-0.2, 0) is 23.9 Å². The van der Waals surface area contributed by atoms with Gasteiger partial charge >= 0.3 is 5.97 Å². The Morgan fingerprint density at radius 2 is 1.71 bits per heavy atom. The summed E-state index contributed by atoms with van der Waals surface area (Å²) in [5.41, 5.74) is 0.836. The minimum absolute atomic E-state index is 0.127. The fourth-order valence-electron chi connectivity index (χ4n) is 7.88. The molecule has 4 bridgehead atoms. The number of likely N-dealkylation sites (tertiary alicyclic amines) is 1. The number of hydrogen-bond donors (Lipinski definition) is 1. The van der Waals surface area contributed by atoms with Crippen LogP contribution in [0.5, 0.6) is 0 Å². The molecule has 3 amide bonds. The van der Waals surface area contributed by atoms with E-state index in [0.717, 1.165) is 25.7 Å². The molecular weight excluding hydrogens is 446 g/mol. The van der Waals surface area contributed by atoms with Crippen molar-refractivity contribution in [3.05, 3.63) is 24.3 Å². The molecule has 186 valence electrons. The van der Waals surface area contributed by atoms with Crippen molar-refractivity contribution >= 4 is 35.1 Å². The van der Waals surface area contributed by atoms with E-state index in [0.29, 0.717) is 42.1 Å². The SMILES string of the molecule is CC(OC(=O)C1CCCN1C(=O)C12CC3CC(CC(C3)C1)C2)C(=O)N1CC(=O)Nc2ccccc21. The molecule has 6 aliphatic rings. The largest absolute Gasteiger partial charge is 0.451 e. The minimum Gasteiger partial charge on any atom is -0.451 e. The van der Waals surface area contributed by atoms with Crippen molar-refractivity contribution in [1.29, 1.82) is 0 Å². The number of amides is 3. The van der Waals surface area contributed by atoms with Gasteiger partial charge < -0.3 is 15.0 Å². The molecule has 1 aromatic rings. The van der Waals surface area contributed by atoms with Gasteiger partial charge in [0.25, 0.3) is 5.91 Å². The van der Waals surface area contributed by atoms with Gasteiger partial charge in [0, 0.05) is 6.54 Å². The maximum absolute atomic E-state index is 13.9. The lowest BCUT2D eigenvalue weighted by molar-refractivity contribution is -0.168. The number of anilines is 2. The predicted molar refractivity (Wildman–Crippen MR) is 128 cm³/mol. The zero-order valence-electron chi connectivity index (χ0n) is 20.2. The van der Waals surface area contributed by atoms with Crippen molar-refractivity contribution in [3.63, 3.8) is 0 Å². The van der Waals surface area contributed by atoms with E-state index in [-0.39, 0.29) is 23.8 Å². The summed E-state index contributed by atoms with van der Waals surface area (Å²) in [5, 5.41) is 2.76. The Kier molecular flexibility index (Phi) is 5.38. The summed E-state index contributed by atoms with van der Waals surface area (Å²) in [4.78, 5) is 55.5. The molecule has 2 atom stereocenters. The summed E-state index contributed by atoms with van der Waals surface area (Å²) in [6, 6.07) is 6.42. The summed E-state index contributed by atoms with van der Waals surface area (Å²) in [6.07, 6.45) is 6.93. The third kappa shape index (κ3) is 3.81. The van der Waals surface area contributed by atoms with E-state index in [4.69, 9.17) is 4.74 Å². The molecule has 0 radical (unpaired) electrons. The standard InChI is InChI=1S/C27H33N3O5/c1-16(24(32)30-15-23(31)28-20-5-2-3-6-21(20)30)35-25(33)22-7-4-8-29(22)26(34)27-12-17-9-18(13-27)11-19(10-17)14-27/h2-3,5-6,16-19,22H,4,7-15H2,1H3,(H,28,31). The number of carbonyl (C=O) groups is 4. The highest BCUT2D eigenvalue weighted by Gasteiger charge is 2.57. The van der Waals surface area contributed by atoms with Gasteiger partial charge in [-0.2, -0.15) is 0 Å². The zero-order chi connectivity index (χ0) is 24.3. The monoisotopic (exact) mass is 479 g/mol. The fraction of sp³-hybridized carbons (Fsp3) is 0.630. The van der Waals surface area contributed by atoms with E-state index >= 15 is 0 Å². The number of fused-ring (bicyclic) bond motifs is 1. The molecule has 4 saturated carbocycles. The zero-order valence-corrected chi connectivity index (χ0v) is 20.2. The van der Waals surface area contributed by atoms with Gasteiger partial charge in [-0.3, -0.25) is 19.3 Å². The highest BCUT2D eigenvalue weighted by atomic mass is 16.5. The van der Waals surface area contributed by atoms with Crippen molar-refractivity contribution in [2.75, 3.05) is 23.3 Å². The Hall–Kier alpha value is -2.90. The Morgan fingerprint density at radius 1 is 1.06 bits per heavy atom. The van der Waals surface area contributed by atoms with Gasteiger partial charge in [-0.1, -0.05) is 12.1 Å². The van der Waals surface area contributed by atoms with Crippen molar-refractivity contribution in [2.45, 2.75) is 70.4 Å². The molecule has 2 unspecified atom stereocenters. The van der Waals surface area contributed by atoms with E-state index in [2.05, 4.69) is 5.32 Å². The highest BCUT2D eigenvalue weighted by Crippen LogP contribution is 2.60. The number of esters is 1. The maximum atomic E-state index is 13.9. The highest BCUT2D eigenvalue weighted by molar-refractivity contribution is 6.11. The second-order valence-corrected chi connectivity index (χ2v) is 11.4. The number of ether oxygens (including phenoxy) is 1. The van der Waals surface area contributed by atoms with Crippen LogP contribution in [0, 0.1) is 23.2 Å². The van der Waals surface area contributed by atoms with Crippen molar-refractivity contribution in [2.24, 2.45) is 23.2 Å². The average Bonchev–Trinajstić information content (AvgIpc) is 3.31. The van der Waals surface area contributed by atoms with Gasteiger partial charge in [0.2, 0.25) is 11.8 Å². The number of rotatable bonds is 4. The summed E-state index contributed by atoms with van der Waals surface area (Å²) in [6.45, 7) is 1.98. The molecule has 1 saturated heterocycles. The second-order valence-electron chi connectivity index (χ2n) is 11.4. The average molecular weight is 480 g/mol. The second kappa shape index (κ2) is 8.35. The number of nitrogens with zero attached hydrogens (tertiary/aromatic N) is 2.